The Morgan fingerprint density at radius 1 is 1.44 bits per heavy atom. The van der Waals surface area contributed by atoms with Gasteiger partial charge in [-0.2, -0.15) is 0 Å². The molecular weight excluding hydrogens is 313 g/mol. The van der Waals surface area contributed by atoms with Crippen molar-refractivity contribution < 1.29 is 4.74 Å². The van der Waals surface area contributed by atoms with E-state index in [9.17, 15) is 0 Å². The maximum atomic E-state index is 6.06. The molecule has 0 fully saturated rings. The number of hydrogen-bond acceptors (Lipinski definition) is 2. The van der Waals surface area contributed by atoms with Gasteiger partial charge in [-0.15, -0.1) is 0 Å². The Balaban J connectivity index is 2.98. The Hall–Kier alpha value is -0.220. The van der Waals surface area contributed by atoms with Gasteiger partial charge in [0.2, 0.25) is 0 Å². The van der Waals surface area contributed by atoms with Gasteiger partial charge in [-0.3, -0.25) is 0 Å². The molecule has 0 radical (unpaired) electrons. The molecule has 0 atom stereocenters. The molecule has 0 unspecified atom stereocenters. The molecule has 0 bridgehead atoms. The number of hydrogen-bond donors (Lipinski definition) is 1. The average molecular weight is 325 g/mol. The standard InChI is InChI=1S/C11H12BrCl2NO/c1-7(12)6-16-11-8(2-3-15)4-9(13)5-10(11)14/h4-5H,1-3,6,15H2. The normalized spacial score (nSPS) is 10.2. The van der Waals surface area contributed by atoms with Gasteiger partial charge in [-0.25, -0.2) is 0 Å². The van der Waals surface area contributed by atoms with E-state index in [0.29, 0.717) is 35.4 Å². The summed E-state index contributed by atoms with van der Waals surface area (Å²) in [5.41, 5.74) is 6.43. The molecular formula is C11H12BrCl2NO. The van der Waals surface area contributed by atoms with Crippen LogP contribution in [0.3, 0.4) is 0 Å². The Morgan fingerprint density at radius 3 is 2.69 bits per heavy atom. The summed E-state index contributed by atoms with van der Waals surface area (Å²) in [6, 6.07) is 3.46. The SMILES string of the molecule is C=C(Br)COc1c(Cl)cc(Cl)cc1CCN. The van der Waals surface area contributed by atoms with E-state index in [4.69, 9.17) is 33.7 Å². The number of halogens is 3. The second-order valence-corrected chi connectivity index (χ2v) is 5.19. The number of rotatable bonds is 5. The van der Waals surface area contributed by atoms with Crippen molar-refractivity contribution >= 4 is 39.1 Å². The van der Waals surface area contributed by atoms with Crippen molar-refractivity contribution in [1.82, 2.24) is 0 Å². The predicted molar refractivity (Wildman–Crippen MR) is 72.8 cm³/mol. The topological polar surface area (TPSA) is 35.2 Å². The summed E-state index contributed by atoms with van der Waals surface area (Å²) >= 11 is 15.2. The lowest BCUT2D eigenvalue weighted by atomic mass is 10.1. The summed E-state index contributed by atoms with van der Waals surface area (Å²) in [5.74, 6) is 0.622. The molecule has 0 aliphatic rings. The summed E-state index contributed by atoms with van der Waals surface area (Å²) in [7, 11) is 0. The van der Waals surface area contributed by atoms with Gasteiger partial charge in [0, 0.05) is 9.51 Å². The second-order valence-electron chi connectivity index (χ2n) is 3.22. The van der Waals surface area contributed by atoms with Crippen molar-refractivity contribution in [1.29, 1.82) is 0 Å². The van der Waals surface area contributed by atoms with E-state index in [0.717, 1.165) is 10.0 Å². The quantitative estimate of drug-likeness (QED) is 0.894. The van der Waals surface area contributed by atoms with E-state index in [-0.39, 0.29) is 0 Å². The van der Waals surface area contributed by atoms with Gasteiger partial charge in [-0.05, 0) is 30.7 Å². The zero-order valence-corrected chi connectivity index (χ0v) is 11.7. The minimum absolute atomic E-state index is 0.360. The number of nitrogens with two attached hydrogens (primary N) is 1. The molecule has 0 aliphatic carbocycles. The largest absolute Gasteiger partial charge is 0.487 e. The van der Waals surface area contributed by atoms with Crippen molar-refractivity contribution in [3.63, 3.8) is 0 Å². The lowest BCUT2D eigenvalue weighted by Crippen LogP contribution is -2.06. The summed E-state index contributed by atoms with van der Waals surface area (Å²) in [5, 5.41) is 1.07. The second kappa shape index (κ2) is 6.50. The molecule has 1 rings (SSSR count). The van der Waals surface area contributed by atoms with Crippen molar-refractivity contribution in [3.05, 3.63) is 38.8 Å². The smallest absolute Gasteiger partial charge is 0.141 e. The van der Waals surface area contributed by atoms with E-state index in [1.54, 1.807) is 6.07 Å². The third-order valence-corrected chi connectivity index (χ3v) is 2.60. The molecule has 0 saturated carbocycles. The minimum Gasteiger partial charge on any atom is -0.487 e. The average Bonchev–Trinajstić information content (AvgIpc) is 2.16. The van der Waals surface area contributed by atoms with Gasteiger partial charge in [0.15, 0.2) is 0 Å². The zero-order valence-electron chi connectivity index (χ0n) is 8.60. The van der Waals surface area contributed by atoms with Crippen molar-refractivity contribution in [2.45, 2.75) is 6.42 Å². The van der Waals surface area contributed by atoms with Crippen LogP contribution in [0.5, 0.6) is 5.75 Å². The monoisotopic (exact) mass is 323 g/mol. The first-order chi connectivity index (χ1) is 7.54. The summed E-state index contributed by atoms with van der Waals surface area (Å²) < 4.78 is 6.29. The summed E-state index contributed by atoms with van der Waals surface area (Å²) in [6.07, 6.45) is 0.671. The third-order valence-electron chi connectivity index (χ3n) is 1.87. The Bertz CT molecular complexity index is 396. The molecule has 1 aromatic rings. The van der Waals surface area contributed by atoms with Gasteiger partial charge in [-0.1, -0.05) is 45.7 Å². The highest BCUT2D eigenvalue weighted by Gasteiger charge is 2.10. The Labute approximate surface area is 113 Å². The van der Waals surface area contributed by atoms with E-state index < -0.39 is 0 Å². The highest BCUT2D eigenvalue weighted by Crippen LogP contribution is 2.33. The third kappa shape index (κ3) is 3.98. The fourth-order valence-electron chi connectivity index (χ4n) is 1.27. The van der Waals surface area contributed by atoms with Gasteiger partial charge < -0.3 is 10.5 Å². The molecule has 2 nitrogen and oxygen atoms in total. The lowest BCUT2D eigenvalue weighted by Gasteiger charge is -2.13. The first-order valence-corrected chi connectivity index (χ1v) is 6.23. The van der Waals surface area contributed by atoms with Crippen LogP contribution in [0.4, 0.5) is 0 Å². The van der Waals surface area contributed by atoms with Crippen LogP contribution in [0, 0.1) is 0 Å². The van der Waals surface area contributed by atoms with Crippen LogP contribution in [0.2, 0.25) is 10.0 Å². The highest BCUT2D eigenvalue weighted by molar-refractivity contribution is 9.11. The van der Waals surface area contributed by atoms with Crippen molar-refractivity contribution in [3.8, 4) is 5.75 Å². The molecule has 88 valence electrons. The van der Waals surface area contributed by atoms with Crippen LogP contribution in [-0.4, -0.2) is 13.2 Å². The molecule has 1 aromatic carbocycles. The molecule has 16 heavy (non-hydrogen) atoms. The van der Waals surface area contributed by atoms with Crippen LogP contribution in [-0.2, 0) is 6.42 Å². The maximum absolute atomic E-state index is 6.06. The molecule has 0 aromatic heterocycles. The molecule has 0 heterocycles. The van der Waals surface area contributed by atoms with Crippen LogP contribution >= 0.6 is 39.1 Å². The Kier molecular flexibility index (Phi) is 5.62. The first kappa shape index (κ1) is 13.8. The van der Waals surface area contributed by atoms with Gasteiger partial charge in [0.25, 0.3) is 0 Å². The van der Waals surface area contributed by atoms with E-state index >= 15 is 0 Å². The van der Waals surface area contributed by atoms with Crippen LogP contribution in [0.15, 0.2) is 23.2 Å². The predicted octanol–water partition coefficient (Wildman–Crippen LogP) is 3.78. The summed E-state index contributed by atoms with van der Waals surface area (Å²) in [4.78, 5) is 0. The van der Waals surface area contributed by atoms with E-state index in [2.05, 4.69) is 22.5 Å². The minimum atomic E-state index is 0.360. The van der Waals surface area contributed by atoms with Crippen LogP contribution < -0.4 is 10.5 Å². The van der Waals surface area contributed by atoms with Crippen LogP contribution in [0.25, 0.3) is 0 Å². The Morgan fingerprint density at radius 2 is 2.12 bits per heavy atom. The fraction of sp³-hybridized carbons (Fsp3) is 0.273. The molecule has 0 saturated heterocycles. The van der Waals surface area contributed by atoms with Crippen molar-refractivity contribution in [2.24, 2.45) is 5.73 Å². The molecule has 0 spiro atoms. The van der Waals surface area contributed by atoms with E-state index in [1.807, 2.05) is 6.07 Å². The number of benzene rings is 1. The first-order valence-electron chi connectivity index (χ1n) is 4.68. The van der Waals surface area contributed by atoms with Gasteiger partial charge in [0.1, 0.15) is 12.4 Å². The lowest BCUT2D eigenvalue weighted by molar-refractivity contribution is 0.357. The molecule has 5 heteroatoms. The van der Waals surface area contributed by atoms with E-state index in [1.165, 1.54) is 0 Å². The summed E-state index contributed by atoms with van der Waals surface area (Å²) in [6.45, 7) is 4.57. The maximum Gasteiger partial charge on any atom is 0.141 e. The zero-order chi connectivity index (χ0) is 12.1. The molecule has 0 amide bonds. The van der Waals surface area contributed by atoms with Crippen molar-refractivity contribution in [2.75, 3.05) is 13.2 Å². The van der Waals surface area contributed by atoms with Gasteiger partial charge in [0.05, 0.1) is 5.02 Å². The fourth-order valence-corrected chi connectivity index (χ4v) is 1.97. The highest BCUT2D eigenvalue weighted by atomic mass is 79.9. The molecule has 2 N–H and O–H groups in total. The number of ether oxygens (including phenoxy) is 1. The molecule has 0 aliphatic heterocycles. The van der Waals surface area contributed by atoms with Gasteiger partial charge >= 0.3 is 0 Å². The van der Waals surface area contributed by atoms with Crippen LogP contribution in [0.1, 0.15) is 5.56 Å².